The van der Waals surface area contributed by atoms with Crippen molar-refractivity contribution in [1.82, 2.24) is 5.32 Å². The van der Waals surface area contributed by atoms with E-state index in [1.807, 2.05) is 20.8 Å². The first-order valence-corrected chi connectivity index (χ1v) is 9.14. The Hall–Kier alpha value is -2.05. The number of hydrogen-bond donors (Lipinski definition) is 2. The van der Waals surface area contributed by atoms with Crippen molar-refractivity contribution in [2.24, 2.45) is 0 Å². The van der Waals surface area contributed by atoms with E-state index in [1.54, 1.807) is 24.3 Å². The van der Waals surface area contributed by atoms with Gasteiger partial charge < -0.3 is 5.32 Å². The molecule has 0 saturated heterocycles. The van der Waals surface area contributed by atoms with Gasteiger partial charge in [0.05, 0.1) is 16.1 Å². The Morgan fingerprint density at radius 1 is 1.00 bits per heavy atom. The summed E-state index contributed by atoms with van der Waals surface area (Å²) in [6.07, 6.45) is 0. The van der Waals surface area contributed by atoms with E-state index in [0.29, 0.717) is 5.02 Å². The molecule has 0 radical (unpaired) electrons. The van der Waals surface area contributed by atoms with Crippen molar-refractivity contribution in [2.75, 3.05) is 4.72 Å². The van der Waals surface area contributed by atoms with Crippen LogP contribution in [-0.4, -0.2) is 19.9 Å². The number of para-hydroxylation sites is 1. The Morgan fingerprint density at radius 3 is 2.17 bits per heavy atom. The first-order chi connectivity index (χ1) is 11.1. The van der Waals surface area contributed by atoms with Gasteiger partial charge in [0.2, 0.25) is 0 Å². The van der Waals surface area contributed by atoms with E-state index >= 15 is 0 Å². The van der Waals surface area contributed by atoms with E-state index in [2.05, 4.69) is 10.0 Å². The zero-order chi connectivity index (χ0) is 18.0. The van der Waals surface area contributed by atoms with Crippen molar-refractivity contribution in [3.05, 3.63) is 59.1 Å². The SMILES string of the molecule is CC(C)(C)NC(=O)c1ccccc1NS(=O)(=O)c1ccc(Cl)cc1. The number of nitrogens with one attached hydrogen (secondary N) is 2. The lowest BCUT2D eigenvalue weighted by atomic mass is 10.1. The molecule has 5 nitrogen and oxygen atoms in total. The summed E-state index contributed by atoms with van der Waals surface area (Å²) in [7, 11) is -3.82. The average Bonchev–Trinajstić information content (AvgIpc) is 2.46. The van der Waals surface area contributed by atoms with E-state index in [1.165, 1.54) is 24.3 Å². The summed E-state index contributed by atoms with van der Waals surface area (Å²) in [5.41, 5.74) is 0.0401. The van der Waals surface area contributed by atoms with Crippen LogP contribution in [0, 0.1) is 0 Å². The van der Waals surface area contributed by atoms with Gasteiger partial charge in [-0.1, -0.05) is 23.7 Å². The smallest absolute Gasteiger partial charge is 0.261 e. The lowest BCUT2D eigenvalue weighted by Crippen LogP contribution is -2.40. The maximum atomic E-state index is 12.5. The third-order valence-electron chi connectivity index (χ3n) is 3.03. The van der Waals surface area contributed by atoms with Crippen molar-refractivity contribution in [2.45, 2.75) is 31.2 Å². The quantitative estimate of drug-likeness (QED) is 0.866. The predicted octanol–water partition coefficient (Wildman–Crippen LogP) is 3.67. The molecular weight excluding hydrogens is 348 g/mol. The lowest BCUT2D eigenvalue weighted by Gasteiger charge is -2.21. The summed E-state index contributed by atoms with van der Waals surface area (Å²) in [5, 5.41) is 3.26. The van der Waals surface area contributed by atoms with Gasteiger partial charge in [0.1, 0.15) is 0 Å². The van der Waals surface area contributed by atoms with E-state index in [9.17, 15) is 13.2 Å². The molecule has 24 heavy (non-hydrogen) atoms. The van der Waals surface area contributed by atoms with Gasteiger partial charge in [-0.25, -0.2) is 8.42 Å². The molecule has 0 bridgehead atoms. The Kier molecular flexibility index (Phi) is 5.20. The molecule has 2 aromatic rings. The number of benzene rings is 2. The van der Waals surface area contributed by atoms with Gasteiger partial charge in [-0.05, 0) is 57.2 Å². The summed E-state index contributed by atoms with van der Waals surface area (Å²) in [4.78, 5) is 12.5. The maximum absolute atomic E-state index is 12.5. The summed E-state index contributed by atoms with van der Waals surface area (Å²) in [6, 6.07) is 12.3. The van der Waals surface area contributed by atoms with E-state index in [-0.39, 0.29) is 22.1 Å². The number of anilines is 1. The minimum absolute atomic E-state index is 0.0675. The van der Waals surface area contributed by atoms with Gasteiger partial charge in [0.15, 0.2) is 0 Å². The molecular formula is C17H19ClN2O3S. The fourth-order valence-corrected chi connectivity index (χ4v) is 3.20. The molecule has 0 saturated carbocycles. The molecule has 0 aliphatic rings. The first kappa shape index (κ1) is 18.3. The van der Waals surface area contributed by atoms with Crippen molar-refractivity contribution < 1.29 is 13.2 Å². The van der Waals surface area contributed by atoms with Crippen LogP contribution in [-0.2, 0) is 10.0 Å². The van der Waals surface area contributed by atoms with Gasteiger partial charge in [0.25, 0.3) is 15.9 Å². The van der Waals surface area contributed by atoms with Crippen molar-refractivity contribution >= 4 is 33.2 Å². The van der Waals surface area contributed by atoms with Crippen LogP contribution in [0.2, 0.25) is 5.02 Å². The topological polar surface area (TPSA) is 75.3 Å². The molecule has 0 spiro atoms. The van der Waals surface area contributed by atoms with E-state index in [4.69, 9.17) is 11.6 Å². The Labute approximate surface area is 147 Å². The number of hydrogen-bond acceptors (Lipinski definition) is 3. The Bertz CT molecular complexity index is 841. The van der Waals surface area contributed by atoms with Crippen LogP contribution < -0.4 is 10.0 Å². The van der Waals surface area contributed by atoms with Crippen LogP contribution in [0.5, 0.6) is 0 Å². The number of carbonyl (C=O) groups is 1. The van der Waals surface area contributed by atoms with Crippen LogP contribution >= 0.6 is 11.6 Å². The third-order valence-corrected chi connectivity index (χ3v) is 4.66. The van der Waals surface area contributed by atoms with Crippen molar-refractivity contribution in [3.8, 4) is 0 Å². The summed E-state index contributed by atoms with van der Waals surface area (Å²) in [6.45, 7) is 5.56. The standard InChI is InChI=1S/C17H19ClN2O3S/c1-17(2,3)19-16(21)14-6-4-5-7-15(14)20-24(22,23)13-10-8-12(18)9-11-13/h4-11,20H,1-3H3,(H,19,21). The molecule has 0 fully saturated rings. The molecule has 2 aromatic carbocycles. The van der Waals surface area contributed by atoms with E-state index in [0.717, 1.165) is 0 Å². The number of rotatable bonds is 4. The predicted molar refractivity (Wildman–Crippen MR) is 95.9 cm³/mol. The molecule has 128 valence electrons. The van der Waals surface area contributed by atoms with Crippen molar-refractivity contribution in [3.63, 3.8) is 0 Å². The molecule has 0 atom stereocenters. The second-order valence-electron chi connectivity index (χ2n) is 6.31. The second kappa shape index (κ2) is 6.83. The minimum atomic E-state index is -3.82. The Balaban J connectivity index is 2.33. The highest BCUT2D eigenvalue weighted by molar-refractivity contribution is 7.92. The van der Waals surface area contributed by atoms with Gasteiger partial charge in [-0.2, -0.15) is 0 Å². The monoisotopic (exact) mass is 366 g/mol. The molecule has 0 aliphatic carbocycles. The number of amides is 1. The molecule has 0 heterocycles. The third kappa shape index (κ3) is 4.72. The van der Waals surface area contributed by atoms with E-state index < -0.39 is 15.6 Å². The largest absolute Gasteiger partial charge is 0.347 e. The molecule has 2 rings (SSSR count). The van der Waals surface area contributed by atoms with Gasteiger partial charge >= 0.3 is 0 Å². The molecule has 0 aromatic heterocycles. The summed E-state index contributed by atoms with van der Waals surface area (Å²) < 4.78 is 27.4. The molecule has 2 N–H and O–H groups in total. The molecule has 0 unspecified atom stereocenters. The van der Waals surface area contributed by atoms with Crippen LogP contribution in [0.25, 0.3) is 0 Å². The highest BCUT2D eigenvalue weighted by Gasteiger charge is 2.21. The lowest BCUT2D eigenvalue weighted by molar-refractivity contribution is 0.0920. The Morgan fingerprint density at radius 2 is 1.58 bits per heavy atom. The molecule has 0 aliphatic heterocycles. The fraction of sp³-hybridized carbons (Fsp3) is 0.235. The van der Waals surface area contributed by atoms with Crippen LogP contribution in [0.4, 0.5) is 5.69 Å². The molecule has 1 amide bonds. The highest BCUT2D eigenvalue weighted by atomic mass is 35.5. The average molecular weight is 367 g/mol. The van der Waals surface area contributed by atoms with Crippen LogP contribution in [0.1, 0.15) is 31.1 Å². The maximum Gasteiger partial charge on any atom is 0.261 e. The normalized spacial score (nSPS) is 11.8. The molecule has 7 heteroatoms. The fourth-order valence-electron chi connectivity index (χ4n) is 2.00. The number of carbonyl (C=O) groups excluding carboxylic acids is 1. The van der Waals surface area contributed by atoms with Crippen LogP contribution in [0.3, 0.4) is 0 Å². The van der Waals surface area contributed by atoms with Gasteiger partial charge in [0, 0.05) is 10.6 Å². The highest BCUT2D eigenvalue weighted by Crippen LogP contribution is 2.22. The number of halogens is 1. The first-order valence-electron chi connectivity index (χ1n) is 7.28. The zero-order valence-electron chi connectivity index (χ0n) is 13.6. The van der Waals surface area contributed by atoms with Gasteiger partial charge in [-0.15, -0.1) is 0 Å². The van der Waals surface area contributed by atoms with Gasteiger partial charge in [-0.3, -0.25) is 9.52 Å². The number of sulfonamides is 1. The second-order valence-corrected chi connectivity index (χ2v) is 8.43. The summed E-state index contributed by atoms with van der Waals surface area (Å²) in [5.74, 6) is -0.350. The summed E-state index contributed by atoms with van der Waals surface area (Å²) >= 11 is 5.78. The minimum Gasteiger partial charge on any atom is -0.347 e. The van der Waals surface area contributed by atoms with Crippen molar-refractivity contribution in [1.29, 1.82) is 0 Å². The van der Waals surface area contributed by atoms with Crippen LogP contribution in [0.15, 0.2) is 53.4 Å². The zero-order valence-corrected chi connectivity index (χ0v) is 15.2.